The lowest BCUT2D eigenvalue weighted by atomic mass is 10.0. The Bertz CT molecular complexity index is 665. The second-order valence-corrected chi connectivity index (χ2v) is 4.58. The smallest absolute Gasteiger partial charge is 0.243 e. The number of aromatic nitrogens is 1. The van der Waals surface area contributed by atoms with Crippen LogP contribution in [0, 0.1) is 0 Å². The number of fused-ring (bicyclic) bond motifs is 1. The molecule has 7 nitrogen and oxygen atoms in total. The van der Waals surface area contributed by atoms with Gasteiger partial charge in [0.05, 0.1) is 6.54 Å². The second-order valence-electron chi connectivity index (χ2n) is 4.58. The molecule has 5 N–H and O–H groups in total. The topological polar surface area (TPSA) is 117 Å². The molecule has 0 saturated heterocycles. The van der Waals surface area contributed by atoms with E-state index >= 15 is 0 Å². The molecule has 0 aliphatic carbocycles. The summed E-state index contributed by atoms with van der Waals surface area (Å²) in [6.07, 6.45) is 2.57. The first-order valence-electron chi connectivity index (χ1n) is 6.42. The van der Waals surface area contributed by atoms with E-state index in [1.54, 1.807) is 6.20 Å². The Kier molecular flexibility index (Phi) is 4.55. The minimum atomic E-state index is -0.763. The Morgan fingerprint density at radius 1 is 1.33 bits per heavy atom. The van der Waals surface area contributed by atoms with Gasteiger partial charge in [-0.05, 0) is 11.6 Å². The van der Waals surface area contributed by atoms with Crippen LogP contribution >= 0.6 is 0 Å². The van der Waals surface area contributed by atoms with Gasteiger partial charge in [-0.2, -0.15) is 0 Å². The normalized spacial score (nSPS) is 11.8. The first-order chi connectivity index (χ1) is 10.1. The number of carbonyl (C=O) groups is 3. The largest absolute Gasteiger partial charge is 0.368 e. The molecule has 0 bridgehead atoms. The van der Waals surface area contributed by atoms with Crippen molar-refractivity contribution in [2.75, 3.05) is 6.54 Å². The van der Waals surface area contributed by atoms with E-state index in [9.17, 15) is 14.4 Å². The molecule has 0 saturated carbocycles. The Balaban J connectivity index is 2.13. The molecule has 7 heteroatoms. The van der Waals surface area contributed by atoms with E-state index in [-0.39, 0.29) is 6.54 Å². The maximum absolute atomic E-state index is 11.9. The molecular formula is C14H16N4O3. The molecule has 1 aromatic carbocycles. The Hall–Kier alpha value is -2.83. The predicted molar refractivity (Wildman–Crippen MR) is 77.2 cm³/mol. The van der Waals surface area contributed by atoms with E-state index in [0.29, 0.717) is 12.8 Å². The van der Waals surface area contributed by atoms with Crippen molar-refractivity contribution in [2.24, 2.45) is 5.73 Å². The summed E-state index contributed by atoms with van der Waals surface area (Å²) in [6, 6.07) is 6.90. The van der Waals surface area contributed by atoms with E-state index in [0.717, 1.165) is 16.5 Å². The number of nitrogens with one attached hydrogen (secondary N) is 3. The summed E-state index contributed by atoms with van der Waals surface area (Å²) in [7, 11) is 0. The van der Waals surface area contributed by atoms with Gasteiger partial charge in [0.1, 0.15) is 6.04 Å². The number of primary amides is 1. The van der Waals surface area contributed by atoms with Crippen molar-refractivity contribution in [3.63, 3.8) is 0 Å². The number of aromatic amines is 1. The number of amides is 3. The van der Waals surface area contributed by atoms with Crippen LogP contribution in [-0.2, 0) is 20.8 Å². The molecule has 1 heterocycles. The van der Waals surface area contributed by atoms with Gasteiger partial charge in [-0.1, -0.05) is 18.2 Å². The van der Waals surface area contributed by atoms with Gasteiger partial charge in [0, 0.05) is 23.5 Å². The Morgan fingerprint density at radius 2 is 2.10 bits per heavy atom. The van der Waals surface area contributed by atoms with Gasteiger partial charge < -0.3 is 21.4 Å². The molecule has 1 aromatic heterocycles. The van der Waals surface area contributed by atoms with Gasteiger partial charge in [0.25, 0.3) is 0 Å². The van der Waals surface area contributed by atoms with Gasteiger partial charge in [0.15, 0.2) is 0 Å². The van der Waals surface area contributed by atoms with Gasteiger partial charge >= 0.3 is 0 Å². The molecule has 2 aromatic rings. The van der Waals surface area contributed by atoms with Crippen LogP contribution in [0.1, 0.15) is 5.56 Å². The van der Waals surface area contributed by atoms with E-state index < -0.39 is 17.9 Å². The van der Waals surface area contributed by atoms with E-state index in [4.69, 9.17) is 5.73 Å². The zero-order valence-corrected chi connectivity index (χ0v) is 11.3. The van der Waals surface area contributed by atoms with E-state index in [1.165, 1.54) is 0 Å². The summed E-state index contributed by atoms with van der Waals surface area (Å²) in [5.41, 5.74) is 6.83. The molecule has 0 radical (unpaired) electrons. The zero-order valence-electron chi connectivity index (χ0n) is 11.3. The first-order valence-corrected chi connectivity index (χ1v) is 6.42. The maximum Gasteiger partial charge on any atom is 0.243 e. The summed E-state index contributed by atoms with van der Waals surface area (Å²) in [4.78, 5) is 36.4. The number of benzene rings is 1. The molecule has 3 amide bonds. The SMILES string of the molecule is NC(=O)CNC(=O)C(Cc1c[nH]c2ccccc12)NC=O. The van der Waals surface area contributed by atoms with E-state index in [2.05, 4.69) is 15.6 Å². The van der Waals surface area contributed by atoms with Crippen LogP contribution in [0.5, 0.6) is 0 Å². The summed E-state index contributed by atoms with van der Waals surface area (Å²) in [5, 5.41) is 5.82. The third kappa shape index (κ3) is 3.59. The van der Waals surface area contributed by atoms with Crippen molar-refractivity contribution < 1.29 is 14.4 Å². The number of carbonyl (C=O) groups excluding carboxylic acids is 3. The lowest BCUT2D eigenvalue weighted by Gasteiger charge is -2.15. The highest BCUT2D eigenvalue weighted by atomic mass is 16.2. The van der Waals surface area contributed by atoms with Crippen molar-refractivity contribution in [2.45, 2.75) is 12.5 Å². The van der Waals surface area contributed by atoms with Crippen molar-refractivity contribution in [1.29, 1.82) is 0 Å². The summed E-state index contributed by atoms with van der Waals surface area (Å²) < 4.78 is 0. The average Bonchev–Trinajstić information content (AvgIpc) is 2.87. The van der Waals surface area contributed by atoms with Crippen LogP contribution < -0.4 is 16.4 Å². The lowest BCUT2D eigenvalue weighted by Crippen LogP contribution is -2.47. The molecule has 1 atom stereocenters. The van der Waals surface area contributed by atoms with Crippen LogP contribution in [0.4, 0.5) is 0 Å². The number of hydrogen-bond donors (Lipinski definition) is 4. The number of nitrogens with two attached hydrogens (primary N) is 1. The third-order valence-corrected chi connectivity index (χ3v) is 3.12. The molecule has 0 aliphatic heterocycles. The standard InChI is InChI=1S/C14H16N4O3/c15-13(20)7-17-14(21)12(18-8-19)5-9-6-16-11-4-2-1-3-10(9)11/h1-4,6,8,12,16H,5,7H2,(H2,15,20)(H,17,21)(H,18,19). The molecule has 0 fully saturated rings. The van der Waals surface area contributed by atoms with Crippen LogP contribution in [0.25, 0.3) is 10.9 Å². The molecule has 0 aliphatic rings. The fourth-order valence-corrected chi connectivity index (χ4v) is 2.13. The lowest BCUT2D eigenvalue weighted by molar-refractivity contribution is -0.127. The second kappa shape index (κ2) is 6.56. The molecular weight excluding hydrogens is 272 g/mol. The molecule has 110 valence electrons. The molecule has 0 spiro atoms. The van der Waals surface area contributed by atoms with Crippen molar-refractivity contribution in [3.8, 4) is 0 Å². The maximum atomic E-state index is 11.9. The van der Waals surface area contributed by atoms with Crippen molar-refractivity contribution in [1.82, 2.24) is 15.6 Å². The minimum Gasteiger partial charge on any atom is -0.368 e. The highest BCUT2D eigenvalue weighted by Crippen LogP contribution is 2.19. The van der Waals surface area contributed by atoms with Crippen LogP contribution in [0.15, 0.2) is 30.5 Å². The fourth-order valence-electron chi connectivity index (χ4n) is 2.13. The number of rotatable bonds is 7. The van der Waals surface area contributed by atoms with Gasteiger partial charge in [0.2, 0.25) is 18.2 Å². The van der Waals surface area contributed by atoms with Gasteiger partial charge in [-0.3, -0.25) is 14.4 Å². The number of H-pyrrole nitrogens is 1. The summed E-state index contributed by atoms with van der Waals surface area (Å²) in [6.45, 7) is -0.260. The Labute approximate surface area is 120 Å². The summed E-state index contributed by atoms with van der Waals surface area (Å²) >= 11 is 0. The predicted octanol–water partition coefficient (Wildman–Crippen LogP) is -0.573. The number of hydrogen-bond acceptors (Lipinski definition) is 3. The van der Waals surface area contributed by atoms with Gasteiger partial charge in [-0.15, -0.1) is 0 Å². The Morgan fingerprint density at radius 3 is 2.81 bits per heavy atom. The summed E-state index contributed by atoms with van der Waals surface area (Å²) in [5.74, 6) is -1.09. The highest BCUT2D eigenvalue weighted by molar-refractivity contribution is 5.89. The van der Waals surface area contributed by atoms with Crippen LogP contribution in [0.2, 0.25) is 0 Å². The van der Waals surface area contributed by atoms with Crippen molar-refractivity contribution >= 4 is 29.1 Å². The first kappa shape index (κ1) is 14.6. The fraction of sp³-hybridized carbons (Fsp3) is 0.214. The third-order valence-electron chi connectivity index (χ3n) is 3.12. The van der Waals surface area contributed by atoms with E-state index in [1.807, 2.05) is 24.3 Å². The van der Waals surface area contributed by atoms with Crippen LogP contribution in [-0.4, -0.2) is 35.8 Å². The van der Waals surface area contributed by atoms with Crippen molar-refractivity contribution in [3.05, 3.63) is 36.0 Å². The molecule has 2 rings (SSSR count). The van der Waals surface area contributed by atoms with Crippen LogP contribution in [0.3, 0.4) is 0 Å². The molecule has 21 heavy (non-hydrogen) atoms. The minimum absolute atomic E-state index is 0.260. The monoisotopic (exact) mass is 288 g/mol. The number of para-hydroxylation sites is 1. The zero-order chi connectivity index (χ0) is 15.2. The molecule has 1 unspecified atom stereocenters. The quantitative estimate of drug-likeness (QED) is 0.511. The van der Waals surface area contributed by atoms with Gasteiger partial charge in [-0.25, -0.2) is 0 Å². The average molecular weight is 288 g/mol. The highest BCUT2D eigenvalue weighted by Gasteiger charge is 2.19.